The van der Waals surface area contributed by atoms with Crippen molar-refractivity contribution >= 4 is 23.4 Å². The molecule has 0 fully saturated rings. The lowest BCUT2D eigenvalue weighted by atomic mass is 10.3. The van der Waals surface area contributed by atoms with E-state index in [-0.39, 0.29) is 5.91 Å². The fourth-order valence-corrected chi connectivity index (χ4v) is 3.11. The third kappa shape index (κ3) is 3.53. The van der Waals surface area contributed by atoms with Gasteiger partial charge < -0.3 is 10.6 Å². The predicted molar refractivity (Wildman–Crippen MR) is 80.9 cm³/mol. The smallest absolute Gasteiger partial charge is 0.237 e. The molecule has 0 saturated heterocycles. The molecule has 3 nitrogen and oxygen atoms in total. The normalized spacial score (nSPS) is 14.3. The maximum Gasteiger partial charge on any atom is 0.237 e. The lowest BCUT2D eigenvalue weighted by Crippen LogP contribution is -2.31. The standard InChI is InChI=1S/C15H20N2OS/c1-2-17(12-7-3-4-8-12)15(18)11-19-14-10-6-5-9-13(14)16/h5-7,9-10H,2-4,8,11,16H2,1H3. The van der Waals surface area contributed by atoms with E-state index in [1.807, 2.05) is 36.1 Å². The third-order valence-corrected chi connectivity index (χ3v) is 4.33. The molecule has 2 rings (SSSR count). The van der Waals surface area contributed by atoms with E-state index in [2.05, 4.69) is 6.08 Å². The van der Waals surface area contributed by atoms with Crippen LogP contribution >= 0.6 is 11.8 Å². The van der Waals surface area contributed by atoms with E-state index >= 15 is 0 Å². The first kappa shape index (κ1) is 14.0. The number of amides is 1. The zero-order valence-corrected chi connectivity index (χ0v) is 12.1. The Morgan fingerprint density at radius 2 is 2.21 bits per heavy atom. The van der Waals surface area contributed by atoms with Crippen molar-refractivity contribution < 1.29 is 4.79 Å². The number of para-hydroxylation sites is 1. The summed E-state index contributed by atoms with van der Waals surface area (Å²) in [5, 5.41) is 0. The van der Waals surface area contributed by atoms with Crippen molar-refractivity contribution in [2.75, 3.05) is 18.0 Å². The second-order valence-corrected chi connectivity index (χ2v) is 5.57. The first-order valence-electron chi connectivity index (χ1n) is 6.69. The van der Waals surface area contributed by atoms with E-state index in [0.29, 0.717) is 5.75 Å². The van der Waals surface area contributed by atoms with Crippen LogP contribution < -0.4 is 5.73 Å². The van der Waals surface area contributed by atoms with Crippen LogP contribution in [-0.2, 0) is 4.79 Å². The predicted octanol–water partition coefficient (Wildman–Crippen LogP) is 3.28. The molecule has 4 heteroatoms. The molecular formula is C15H20N2OS. The Hall–Kier alpha value is -1.42. The quantitative estimate of drug-likeness (QED) is 0.663. The lowest BCUT2D eigenvalue weighted by molar-refractivity contribution is -0.126. The fraction of sp³-hybridized carbons (Fsp3) is 0.400. The Morgan fingerprint density at radius 3 is 2.84 bits per heavy atom. The lowest BCUT2D eigenvalue weighted by Gasteiger charge is -2.22. The van der Waals surface area contributed by atoms with Crippen LogP contribution in [0.5, 0.6) is 0 Å². The van der Waals surface area contributed by atoms with Gasteiger partial charge in [-0.1, -0.05) is 18.2 Å². The first-order chi connectivity index (χ1) is 9.22. The summed E-state index contributed by atoms with van der Waals surface area (Å²) in [7, 11) is 0. The Labute approximate surface area is 118 Å². The van der Waals surface area contributed by atoms with Crippen LogP contribution in [0.1, 0.15) is 26.2 Å². The van der Waals surface area contributed by atoms with Crippen LogP contribution in [0.3, 0.4) is 0 Å². The average molecular weight is 276 g/mol. The molecule has 0 saturated carbocycles. The first-order valence-corrected chi connectivity index (χ1v) is 7.67. The highest BCUT2D eigenvalue weighted by atomic mass is 32.2. The van der Waals surface area contributed by atoms with Crippen LogP contribution in [-0.4, -0.2) is 23.1 Å². The molecular weight excluding hydrogens is 256 g/mol. The maximum absolute atomic E-state index is 12.3. The number of hydrogen-bond acceptors (Lipinski definition) is 3. The number of thioether (sulfide) groups is 1. The van der Waals surface area contributed by atoms with Gasteiger partial charge in [-0.25, -0.2) is 0 Å². The van der Waals surface area contributed by atoms with Crippen molar-refractivity contribution in [3.8, 4) is 0 Å². The molecule has 0 spiro atoms. The zero-order valence-electron chi connectivity index (χ0n) is 11.3. The number of carbonyl (C=O) groups is 1. The molecule has 1 amide bonds. The highest BCUT2D eigenvalue weighted by Crippen LogP contribution is 2.26. The van der Waals surface area contributed by atoms with Crippen LogP contribution in [0.15, 0.2) is 40.9 Å². The summed E-state index contributed by atoms with van der Waals surface area (Å²) < 4.78 is 0. The largest absolute Gasteiger partial charge is 0.398 e. The van der Waals surface area contributed by atoms with Gasteiger partial charge in [-0.15, -0.1) is 11.8 Å². The maximum atomic E-state index is 12.3. The van der Waals surface area contributed by atoms with E-state index in [1.165, 1.54) is 17.5 Å². The van der Waals surface area contributed by atoms with Gasteiger partial charge in [-0.05, 0) is 38.3 Å². The number of benzene rings is 1. The molecule has 1 aliphatic rings. The highest BCUT2D eigenvalue weighted by molar-refractivity contribution is 8.00. The third-order valence-electron chi connectivity index (χ3n) is 3.25. The van der Waals surface area contributed by atoms with Crippen molar-refractivity contribution in [3.05, 3.63) is 36.0 Å². The van der Waals surface area contributed by atoms with Gasteiger partial charge in [0, 0.05) is 22.8 Å². The van der Waals surface area contributed by atoms with Gasteiger partial charge in [0.2, 0.25) is 5.91 Å². The second kappa shape index (κ2) is 6.66. The Kier molecular flexibility index (Phi) is 4.91. The minimum absolute atomic E-state index is 0.170. The minimum Gasteiger partial charge on any atom is -0.398 e. The Balaban J connectivity index is 1.95. The summed E-state index contributed by atoms with van der Waals surface area (Å²) in [5.41, 5.74) is 7.81. The summed E-state index contributed by atoms with van der Waals surface area (Å²) in [5.74, 6) is 0.614. The number of allylic oxidation sites excluding steroid dienone is 2. The van der Waals surface area contributed by atoms with Gasteiger partial charge in [0.15, 0.2) is 0 Å². The van der Waals surface area contributed by atoms with Gasteiger partial charge in [0.05, 0.1) is 5.75 Å². The van der Waals surface area contributed by atoms with Gasteiger partial charge >= 0.3 is 0 Å². The molecule has 0 radical (unpaired) electrons. The van der Waals surface area contributed by atoms with Crippen molar-refractivity contribution in [2.24, 2.45) is 0 Å². The number of nitrogens with two attached hydrogens (primary N) is 1. The average Bonchev–Trinajstić information content (AvgIpc) is 2.92. The molecule has 0 aliphatic heterocycles. The van der Waals surface area contributed by atoms with Crippen molar-refractivity contribution in [3.63, 3.8) is 0 Å². The van der Waals surface area contributed by atoms with Crippen LogP contribution in [0.4, 0.5) is 5.69 Å². The number of rotatable bonds is 5. The van der Waals surface area contributed by atoms with E-state index in [0.717, 1.165) is 36.4 Å². The van der Waals surface area contributed by atoms with Gasteiger partial charge in [-0.3, -0.25) is 4.79 Å². The van der Waals surface area contributed by atoms with Crippen LogP contribution in [0.25, 0.3) is 0 Å². The fourth-order valence-electron chi connectivity index (χ4n) is 2.27. The number of anilines is 1. The number of nitrogen functional groups attached to an aromatic ring is 1. The van der Waals surface area contributed by atoms with E-state index in [4.69, 9.17) is 5.73 Å². The molecule has 102 valence electrons. The molecule has 0 atom stereocenters. The van der Waals surface area contributed by atoms with Crippen LogP contribution in [0.2, 0.25) is 0 Å². The summed E-state index contributed by atoms with van der Waals surface area (Å²) in [6, 6.07) is 7.67. The minimum atomic E-state index is 0.170. The zero-order chi connectivity index (χ0) is 13.7. The second-order valence-electron chi connectivity index (χ2n) is 4.55. The SMILES string of the molecule is CCN(C(=O)CSc1ccccc1N)C1=CCCC1. The summed E-state index contributed by atoms with van der Waals surface area (Å²) >= 11 is 1.51. The Bertz CT molecular complexity index is 485. The number of hydrogen-bond donors (Lipinski definition) is 1. The summed E-state index contributed by atoms with van der Waals surface area (Å²) in [6.07, 6.45) is 5.47. The van der Waals surface area contributed by atoms with Crippen molar-refractivity contribution in [2.45, 2.75) is 31.1 Å². The van der Waals surface area contributed by atoms with E-state index < -0.39 is 0 Å². The molecule has 1 aliphatic carbocycles. The Morgan fingerprint density at radius 1 is 1.42 bits per heavy atom. The molecule has 0 bridgehead atoms. The van der Waals surface area contributed by atoms with Gasteiger partial charge in [0.1, 0.15) is 0 Å². The molecule has 0 unspecified atom stereocenters. The highest BCUT2D eigenvalue weighted by Gasteiger charge is 2.18. The van der Waals surface area contributed by atoms with Crippen molar-refractivity contribution in [1.82, 2.24) is 4.90 Å². The number of nitrogens with zero attached hydrogens (tertiary/aromatic N) is 1. The molecule has 19 heavy (non-hydrogen) atoms. The summed E-state index contributed by atoms with van der Waals surface area (Å²) in [6.45, 7) is 2.77. The van der Waals surface area contributed by atoms with Crippen molar-refractivity contribution in [1.29, 1.82) is 0 Å². The molecule has 0 aromatic heterocycles. The molecule has 1 aromatic carbocycles. The molecule has 1 aromatic rings. The van der Waals surface area contributed by atoms with E-state index in [1.54, 1.807) is 0 Å². The topological polar surface area (TPSA) is 46.3 Å². The summed E-state index contributed by atoms with van der Waals surface area (Å²) in [4.78, 5) is 15.2. The van der Waals surface area contributed by atoms with Crippen LogP contribution in [0, 0.1) is 0 Å². The van der Waals surface area contributed by atoms with Gasteiger partial charge in [-0.2, -0.15) is 0 Å². The number of carbonyl (C=O) groups excluding carboxylic acids is 1. The van der Waals surface area contributed by atoms with E-state index in [9.17, 15) is 4.79 Å². The molecule has 0 heterocycles. The molecule has 2 N–H and O–H groups in total. The monoisotopic (exact) mass is 276 g/mol. The van der Waals surface area contributed by atoms with Gasteiger partial charge in [0.25, 0.3) is 0 Å².